The average Bonchev–Trinajstić information content (AvgIpc) is 3.03. The van der Waals surface area contributed by atoms with Gasteiger partial charge in [-0.05, 0) is 80.4 Å². The second-order valence-corrected chi connectivity index (χ2v) is 14.4. The van der Waals surface area contributed by atoms with Gasteiger partial charge in [0, 0.05) is 18.5 Å². The Kier molecular flexibility index (Phi) is 11.4. The Morgan fingerprint density at radius 3 is 2.00 bits per heavy atom. The quantitative estimate of drug-likeness (QED) is 0.178. The number of sulfonamides is 1. The van der Waals surface area contributed by atoms with E-state index in [0.29, 0.717) is 27.0 Å². The van der Waals surface area contributed by atoms with E-state index in [2.05, 4.69) is 5.32 Å². The number of carbonyl (C=O) groups is 2. The van der Waals surface area contributed by atoms with Gasteiger partial charge < -0.3 is 15.0 Å². The SMILES string of the molecule is COc1ccc(S(=O)(=O)N(CC(=O)N(Cc2ccc(Cl)c(Cl)c2)[C@@H](Cc2ccccc2)C(=O)NC(C)(C)C)c2ccccc2)cc1. The van der Waals surface area contributed by atoms with Crippen molar-refractivity contribution in [1.29, 1.82) is 0 Å². The highest BCUT2D eigenvalue weighted by Crippen LogP contribution is 2.28. The zero-order chi connectivity index (χ0) is 33.5. The van der Waals surface area contributed by atoms with Crippen LogP contribution < -0.4 is 14.4 Å². The van der Waals surface area contributed by atoms with Crippen molar-refractivity contribution in [1.82, 2.24) is 10.2 Å². The number of halogens is 2. The molecule has 0 unspecified atom stereocenters. The van der Waals surface area contributed by atoms with Gasteiger partial charge >= 0.3 is 0 Å². The highest BCUT2D eigenvalue weighted by atomic mass is 35.5. The van der Waals surface area contributed by atoms with Crippen molar-refractivity contribution in [3.8, 4) is 5.75 Å². The zero-order valence-corrected chi connectivity index (χ0v) is 28.4. The second-order valence-electron chi connectivity index (χ2n) is 11.7. The highest BCUT2D eigenvalue weighted by Gasteiger charge is 2.35. The largest absolute Gasteiger partial charge is 0.497 e. The number of hydrogen-bond donors (Lipinski definition) is 1. The minimum absolute atomic E-state index is 0.0210. The van der Waals surface area contributed by atoms with Crippen LogP contribution in [0.15, 0.2) is 108 Å². The van der Waals surface area contributed by atoms with Gasteiger partial charge in [0.05, 0.1) is 27.7 Å². The number of benzene rings is 4. The van der Waals surface area contributed by atoms with Crippen LogP contribution in [0.2, 0.25) is 10.0 Å². The fourth-order valence-electron chi connectivity index (χ4n) is 4.84. The van der Waals surface area contributed by atoms with E-state index in [4.69, 9.17) is 27.9 Å². The fraction of sp³-hybridized carbons (Fsp3) is 0.257. The van der Waals surface area contributed by atoms with Crippen molar-refractivity contribution in [3.63, 3.8) is 0 Å². The summed E-state index contributed by atoms with van der Waals surface area (Å²) in [6.07, 6.45) is 0.187. The maximum absolute atomic E-state index is 14.5. The summed E-state index contributed by atoms with van der Waals surface area (Å²) in [5.41, 5.74) is 1.14. The first-order chi connectivity index (χ1) is 21.8. The molecule has 1 atom stereocenters. The van der Waals surface area contributed by atoms with Crippen molar-refractivity contribution < 1.29 is 22.7 Å². The molecule has 0 aliphatic heterocycles. The molecule has 0 aromatic heterocycles. The number of nitrogens with zero attached hydrogens (tertiary/aromatic N) is 2. The third kappa shape index (κ3) is 9.02. The molecule has 0 saturated heterocycles. The molecule has 0 bridgehead atoms. The molecular weight excluding hydrogens is 645 g/mol. The minimum atomic E-state index is -4.24. The van der Waals surface area contributed by atoms with Crippen molar-refractivity contribution >= 4 is 50.7 Å². The molecule has 8 nitrogen and oxygen atoms in total. The second kappa shape index (κ2) is 15.0. The number of carbonyl (C=O) groups excluding carboxylic acids is 2. The summed E-state index contributed by atoms with van der Waals surface area (Å²) >= 11 is 12.5. The van der Waals surface area contributed by atoms with E-state index in [1.807, 2.05) is 51.1 Å². The molecule has 0 fully saturated rings. The van der Waals surface area contributed by atoms with Gasteiger partial charge in [-0.1, -0.05) is 77.8 Å². The molecule has 0 heterocycles. The maximum Gasteiger partial charge on any atom is 0.264 e. The van der Waals surface area contributed by atoms with Gasteiger partial charge in [0.1, 0.15) is 18.3 Å². The molecule has 0 aliphatic carbocycles. The van der Waals surface area contributed by atoms with Crippen LogP contribution >= 0.6 is 23.2 Å². The van der Waals surface area contributed by atoms with Crippen LogP contribution in [0, 0.1) is 0 Å². The van der Waals surface area contributed by atoms with E-state index in [0.717, 1.165) is 9.87 Å². The molecule has 46 heavy (non-hydrogen) atoms. The number of para-hydroxylation sites is 1. The number of hydrogen-bond acceptors (Lipinski definition) is 5. The Morgan fingerprint density at radius 2 is 1.43 bits per heavy atom. The Morgan fingerprint density at radius 1 is 0.826 bits per heavy atom. The molecule has 4 rings (SSSR count). The van der Waals surface area contributed by atoms with Crippen molar-refractivity contribution in [3.05, 3.63) is 124 Å². The van der Waals surface area contributed by atoms with Gasteiger partial charge in [0.25, 0.3) is 10.0 Å². The first-order valence-electron chi connectivity index (χ1n) is 14.6. The standard InChI is InChI=1S/C35H37Cl2N3O5S/c1-35(2,3)38-34(42)32(22-25-11-7-5-8-12-25)39(23-26-15-20-30(36)31(37)21-26)33(41)24-40(27-13-9-6-10-14-27)46(43,44)29-18-16-28(45-4)17-19-29/h5-21,32H,22-24H2,1-4H3,(H,38,42)/t32-/m0/s1. The molecule has 1 N–H and O–H groups in total. The molecule has 0 spiro atoms. The summed E-state index contributed by atoms with van der Waals surface area (Å²) in [4.78, 5) is 29.9. The molecule has 242 valence electrons. The van der Waals surface area contributed by atoms with E-state index in [-0.39, 0.29) is 23.8 Å². The lowest BCUT2D eigenvalue weighted by atomic mass is 10.0. The Labute approximate surface area is 280 Å². The van der Waals surface area contributed by atoms with Crippen LogP contribution in [0.3, 0.4) is 0 Å². The number of anilines is 1. The predicted octanol–water partition coefficient (Wildman–Crippen LogP) is 6.75. The number of ether oxygens (including phenoxy) is 1. The molecule has 11 heteroatoms. The minimum Gasteiger partial charge on any atom is -0.497 e. The summed E-state index contributed by atoms with van der Waals surface area (Å²) in [6.45, 7) is 4.96. The van der Waals surface area contributed by atoms with Crippen LogP contribution in [-0.4, -0.2) is 50.4 Å². The molecule has 0 aliphatic rings. The summed E-state index contributed by atoms with van der Waals surface area (Å²) in [6, 6.07) is 27.6. The lowest BCUT2D eigenvalue weighted by Gasteiger charge is -2.35. The van der Waals surface area contributed by atoms with Crippen LogP contribution in [0.1, 0.15) is 31.9 Å². The predicted molar refractivity (Wildman–Crippen MR) is 183 cm³/mol. The van der Waals surface area contributed by atoms with E-state index >= 15 is 0 Å². The molecule has 2 amide bonds. The molecule has 0 saturated carbocycles. The van der Waals surface area contributed by atoms with Crippen LogP contribution in [0.5, 0.6) is 5.75 Å². The fourth-order valence-corrected chi connectivity index (χ4v) is 6.57. The van der Waals surface area contributed by atoms with Crippen LogP contribution in [0.4, 0.5) is 5.69 Å². The topological polar surface area (TPSA) is 96.0 Å². The number of nitrogens with one attached hydrogen (secondary N) is 1. The first-order valence-corrected chi connectivity index (χ1v) is 16.8. The van der Waals surface area contributed by atoms with E-state index < -0.39 is 34.1 Å². The van der Waals surface area contributed by atoms with Crippen molar-refractivity contribution in [2.75, 3.05) is 18.0 Å². The third-order valence-electron chi connectivity index (χ3n) is 7.08. The lowest BCUT2D eigenvalue weighted by molar-refractivity contribution is -0.140. The molecular formula is C35H37Cl2N3O5S. The van der Waals surface area contributed by atoms with Crippen molar-refractivity contribution in [2.24, 2.45) is 0 Å². The zero-order valence-electron chi connectivity index (χ0n) is 26.1. The van der Waals surface area contributed by atoms with Gasteiger partial charge in [-0.25, -0.2) is 8.42 Å². The number of amides is 2. The number of methoxy groups -OCH3 is 1. The average molecular weight is 683 g/mol. The summed E-state index contributed by atoms with van der Waals surface area (Å²) in [5.74, 6) is -0.478. The smallest absolute Gasteiger partial charge is 0.264 e. The van der Waals surface area contributed by atoms with Crippen molar-refractivity contribution in [2.45, 2.75) is 50.2 Å². The molecule has 4 aromatic carbocycles. The van der Waals surface area contributed by atoms with Crippen LogP contribution in [-0.2, 0) is 32.6 Å². The monoisotopic (exact) mass is 681 g/mol. The molecule has 0 radical (unpaired) electrons. The van der Waals surface area contributed by atoms with E-state index in [9.17, 15) is 18.0 Å². The Bertz CT molecular complexity index is 1750. The van der Waals surface area contributed by atoms with Gasteiger partial charge in [0.2, 0.25) is 11.8 Å². The Hall–Kier alpha value is -4.05. The lowest BCUT2D eigenvalue weighted by Crippen LogP contribution is -2.56. The third-order valence-corrected chi connectivity index (χ3v) is 9.60. The summed E-state index contributed by atoms with van der Waals surface area (Å²) in [7, 11) is -2.75. The summed E-state index contributed by atoms with van der Waals surface area (Å²) in [5, 5.41) is 3.64. The van der Waals surface area contributed by atoms with Gasteiger partial charge in [-0.2, -0.15) is 0 Å². The normalized spacial score (nSPS) is 12.2. The van der Waals surface area contributed by atoms with E-state index in [1.165, 1.54) is 24.1 Å². The van der Waals surface area contributed by atoms with Crippen LogP contribution in [0.25, 0.3) is 0 Å². The summed E-state index contributed by atoms with van der Waals surface area (Å²) < 4.78 is 34.5. The first kappa shape index (κ1) is 34.8. The van der Waals surface area contributed by atoms with Gasteiger partial charge in [-0.3, -0.25) is 13.9 Å². The number of rotatable bonds is 12. The van der Waals surface area contributed by atoms with Gasteiger partial charge in [0.15, 0.2) is 0 Å². The van der Waals surface area contributed by atoms with Gasteiger partial charge in [-0.15, -0.1) is 0 Å². The highest BCUT2D eigenvalue weighted by molar-refractivity contribution is 7.92. The maximum atomic E-state index is 14.5. The van der Waals surface area contributed by atoms with E-state index in [1.54, 1.807) is 60.7 Å². The molecule has 4 aromatic rings. The Balaban J connectivity index is 1.81.